The lowest BCUT2D eigenvalue weighted by atomic mass is 10.1. The van der Waals surface area contributed by atoms with Gasteiger partial charge in [0.05, 0.1) is 0 Å². The number of nitrogens with zero attached hydrogens (tertiary/aromatic N) is 2. The molecule has 5 heteroatoms. The zero-order valence-corrected chi connectivity index (χ0v) is 18.3. The lowest BCUT2D eigenvalue weighted by Gasteiger charge is -2.21. The van der Waals surface area contributed by atoms with Gasteiger partial charge in [0.25, 0.3) is 0 Å². The average Bonchev–Trinajstić information content (AvgIpc) is 2.55. The third kappa shape index (κ3) is 9.47. The second kappa shape index (κ2) is 13.5. The van der Waals surface area contributed by atoms with Gasteiger partial charge in [-0.3, -0.25) is 4.99 Å². The van der Waals surface area contributed by atoms with Crippen molar-refractivity contribution in [3.8, 4) is 0 Å². The summed E-state index contributed by atoms with van der Waals surface area (Å²) in [5, 5.41) is 6.88. The van der Waals surface area contributed by atoms with Gasteiger partial charge in [0.2, 0.25) is 0 Å². The summed E-state index contributed by atoms with van der Waals surface area (Å²) in [6.45, 7) is 13.0. The highest BCUT2D eigenvalue weighted by Gasteiger charge is 2.06. The third-order valence-electron chi connectivity index (χ3n) is 4.16. The van der Waals surface area contributed by atoms with Crippen molar-refractivity contribution in [1.29, 1.82) is 0 Å². The van der Waals surface area contributed by atoms with Gasteiger partial charge in [-0.25, -0.2) is 0 Å². The van der Waals surface area contributed by atoms with Crippen LogP contribution in [0.2, 0.25) is 0 Å². The van der Waals surface area contributed by atoms with Gasteiger partial charge in [-0.05, 0) is 51.9 Å². The Hall–Kier alpha value is -0.820. The lowest BCUT2D eigenvalue weighted by Crippen LogP contribution is -2.42. The molecular formula is C19H35IN4. The Labute approximate surface area is 165 Å². The van der Waals surface area contributed by atoms with Crippen molar-refractivity contribution in [2.45, 2.75) is 53.1 Å². The first-order valence-corrected chi connectivity index (χ1v) is 8.84. The molecule has 2 N–H and O–H groups in total. The highest BCUT2D eigenvalue weighted by Crippen LogP contribution is 2.03. The molecule has 0 amide bonds. The summed E-state index contributed by atoms with van der Waals surface area (Å²) in [6, 6.07) is 8.98. The average molecular weight is 446 g/mol. The van der Waals surface area contributed by atoms with Crippen molar-refractivity contribution in [3.63, 3.8) is 0 Å². The topological polar surface area (TPSA) is 39.7 Å². The van der Waals surface area contributed by atoms with Crippen molar-refractivity contribution in [3.05, 3.63) is 35.4 Å². The third-order valence-corrected chi connectivity index (χ3v) is 4.16. The molecule has 1 atom stereocenters. The molecule has 0 aliphatic heterocycles. The number of hydrogen-bond acceptors (Lipinski definition) is 2. The van der Waals surface area contributed by atoms with Gasteiger partial charge < -0.3 is 15.5 Å². The quantitative estimate of drug-likeness (QED) is 0.345. The Morgan fingerprint density at radius 1 is 1.25 bits per heavy atom. The molecule has 0 aromatic heterocycles. The van der Waals surface area contributed by atoms with Crippen LogP contribution in [-0.2, 0) is 6.54 Å². The first-order valence-electron chi connectivity index (χ1n) is 8.84. The van der Waals surface area contributed by atoms with Crippen molar-refractivity contribution in [2.24, 2.45) is 4.99 Å². The molecule has 0 aliphatic carbocycles. The molecule has 4 nitrogen and oxygen atoms in total. The molecule has 1 rings (SSSR count). The summed E-state index contributed by atoms with van der Waals surface area (Å²) < 4.78 is 0. The normalized spacial score (nSPS) is 12.7. The van der Waals surface area contributed by atoms with Crippen molar-refractivity contribution < 1.29 is 0 Å². The Kier molecular flexibility index (Phi) is 13.0. The fraction of sp³-hybridized carbons (Fsp3) is 0.632. The molecule has 1 aromatic carbocycles. The van der Waals surface area contributed by atoms with Crippen LogP contribution in [0.25, 0.3) is 0 Å². The number of benzene rings is 1. The molecule has 0 heterocycles. The fourth-order valence-corrected chi connectivity index (χ4v) is 2.67. The smallest absolute Gasteiger partial charge is 0.191 e. The van der Waals surface area contributed by atoms with Crippen molar-refractivity contribution in [2.75, 3.05) is 26.7 Å². The van der Waals surface area contributed by atoms with Crippen LogP contribution in [0.5, 0.6) is 0 Å². The molecule has 1 aromatic rings. The zero-order chi connectivity index (χ0) is 17.1. The van der Waals surface area contributed by atoms with Crippen LogP contribution in [0.4, 0.5) is 0 Å². The minimum absolute atomic E-state index is 0. The summed E-state index contributed by atoms with van der Waals surface area (Å²) in [7, 11) is 1.83. The van der Waals surface area contributed by atoms with Crippen molar-refractivity contribution in [1.82, 2.24) is 15.5 Å². The van der Waals surface area contributed by atoms with E-state index in [0.29, 0.717) is 6.04 Å². The Morgan fingerprint density at radius 2 is 1.96 bits per heavy atom. The molecule has 0 saturated heterocycles. The van der Waals surface area contributed by atoms with Crippen LogP contribution >= 0.6 is 24.0 Å². The molecule has 0 aliphatic rings. The lowest BCUT2D eigenvalue weighted by molar-refractivity contribution is 0.292. The Morgan fingerprint density at radius 3 is 2.54 bits per heavy atom. The Balaban J connectivity index is 0.00000529. The van der Waals surface area contributed by atoms with E-state index < -0.39 is 0 Å². The van der Waals surface area contributed by atoms with E-state index >= 15 is 0 Å². The minimum Gasteiger partial charge on any atom is -0.354 e. The fourth-order valence-electron chi connectivity index (χ4n) is 2.67. The zero-order valence-electron chi connectivity index (χ0n) is 15.9. The van der Waals surface area contributed by atoms with E-state index in [-0.39, 0.29) is 24.0 Å². The van der Waals surface area contributed by atoms with Crippen LogP contribution in [-0.4, -0.2) is 43.6 Å². The summed E-state index contributed by atoms with van der Waals surface area (Å²) >= 11 is 0. The van der Waals surface area contributed by atoms with Crippen LogP contribution < -0.4 is 10.6 Å². The second-order valence-electron chi connectivity index (χ2n) is 6.13. The predicted octanol–water partition coefficient (Wildman–Crippen LogP) is 3.79. The van der Waals surface area contributed by atoms with Gasteiger partial charge in [-0.2, -0.15) is 0 Å². The van der Waals surface area contributed by atoms with Gasteiger partial charge in [-0.15, -0.1) is 24.0 Å². The summed E-state index contributed by atoms with van der Waals surface area (Å²) in [5.41, 5.74) is 2.57. The molecule has 0 saturated carbocycles. The van der Waals surface area contributed by atoms with E-state index in [2.05, 4.69) is 72.5 Å². The molecule has 1 unspecified atom stereocenters. The Bertz CT molecular complexity index is 472. The maximum Gasteiger partial charge on any atom is 0.191 e. The molecule has 0 bridgehead atoms. The van der Waals surface area contributed by atoms with Crippen LogP contribution in [0.1, 0.15) is 44.7 Å². The number of guanidine groups is 1. The van der Waals surface area contributed by atoms with Gasteiger partial charge in [0.1, 0.15) is 0 Å². The van der Waals surface area contributed by atoms with Crippen LogP contribution in [0, 0.1) is 6.92 Å². The maximum absolute atomic E-state index is 4.33. The monoisotopic (exact) mass is 446 g/mol. The van der Waals surface area contributed by atoms with E-state index in [1.165, 1.54) is 24.1 Å². The van der Waals surface area contributed by atoms with Gasteiger partial charge in [0, 0.05) is 19.6 Å². The minimum atomic E-state index is 0. The van der Waals surface area contributed by atoms with Crippen LogP contribution in [0.15, 0.2) is 29.3 Å². The van der Waals surface area contributed by atoms with E-state index in [4.69, 9.17) is 0 Å². The van der Waals surface area contributed by atoms with Gasteiger partial charge in [-0.1, -0.05) is 43.7 Å². The largest absolute Gasteiger partial charge is 0.354 e. The maximum atomic E-state index is 4.33. The first kappa shape index (κ1) is 23.2. The molecule has 0 fully saturated rings. The van der Waals surface area contributed by atoms with Gasteiger partial charge >= 0.3 is 0 Å². The van der Waals surface area contributed by atoms with E-state index in [9.17, 15) is 0 Å². The summed E-state index contributed by atoms with van der Waals surface area (Å²) in [5.74, 6) is 0.877. The standard InChI is InChI=1S/C19H34N4.HI/c1-6-23(7-2)13-9-11-17(4)22-19(20-5)21-15-18-12-8-10-16(3)14-18;/h8,10,12,14,17H,6-7,9,11,13,15H2,1-5H3,(H2,20,21,22);1H. The number of aliphatic imine (C=N–C) groups is 1. The molecule has 0 radical (unpaired) electrons. The van der Waals surface area contributed by atoms with Crippen molar-refractivity contribution >= 4 is 29.9 Å². The number of nitrogens with one attached hydrogen (secondary N) is 2. The summed E-state index contributed by atoms with van der Waals surface area (Å²) in [6.07, 6.45) is 2.37. The molecule has 138 valence electrons. The predicted molar refractivity (Wildman–Crippen MR) is 116 cm³/mol. The number of hydrogen-bond donors (Lipinski definition) is 2. The molecular weight excluding hydrogens is 411 g/mol. The van der Waals surface area contributed by atoms with Gasteiger partial charge in [0.15, 0.2) is 5.96 Å². The van der Waals surface area contributed by atoms with E-state index in [1.54, 1.807) is 0 Å². The highest BCUT2D eigenvalue weighted by molar-refractivity contribution is 14.0. The summed E-state index contributed by atoms with van der Waals surface area (Å²) in [4.78, 5) is 6.79. The second-order valence-corrected chi connectivity index (χ2v) is 6.13. The number of rotatable bonds is 9. The molecule has 24 heavy (non-hydrogen) atoms. The highest BCUT2D eigenvalue weighted by atomic mass is 127. The number of halogens is 1. The van der Waals surface area contributed by atoms with E-state index in [1.807, 2.05) is 7.05 Å². The van der Waals surface area contributed by atoms with Crippen LogP contribution in [0.3, 0.4) is 0 Å². The molecule has 0 spiro atoms. The van der Waals surface area contributed by atoms with E-state index in [0.717, 1.165) is 32.0 Å². The number of aryl methyl sites for hydroxylation is 1. The SMILES string of the molecule is CCN(CC)CCCC(C)NC(=NC)NCc1cccc(C)c1.I. The first-order chi connectivity index (χ1) is 11.1.